The Labute approximate surface area is 113 Å². The summed E-state index contributed by atoms with van der Waals surface area (Å²) < 4.78 is 5.42. The van der Waals surface area contributed by atoms with Crippen molar-refractivity contribution in [3.05, 3.63) is 0 Å². The Hall–Kier alpha value is -0.570. The second-order valence-corrected chi connectivity index (χ2v) is 7.56. The van der Waals surface area contributed by atoms with Crippen molar-refractivity contribution in [2.45, 2.75) is 54.9 Å². The van der Waals surface area contributed by atoms with E-state index >= 15 is 0 Å². The van der Waals surface area contributed by atoms with E-state index in [0.717, 1.165) is 6.42 Å². The minimum absolute atomic E-state index is 0.0832. The first kappa shape index (κ1) is 17.4. The molecule has 108 valence electrons. The lowest BCUT2D eigenvalue weighted by atomic mass is 9.61. The fourth-order valence-electron chi connectivity index (χ4n) is 2.11. The number of likely N-dealkylation sites (N-methyl/N-ethyl adjacent to an activating group) is 1. The molecule has 0 aliphatic carbocycles. The molecule has 0 rings (SSSR count). The van der Waals surface area contributed by atoms with Gasteiger partial charge in [-0.1, -0.05) is 41.5 Å². The van der Waals surface area contributed by atoms with Crippen LogP contribution in [0.5, 0.6) is 0 Å². The molecule has 0 spiro atoms. The van der Waals surface area contributed by atoms with Gasteiger partial charge in [-0.15, -0.1) is 0 Å². The number of rotatable bonds is 5. The molecule has 0 saturated heterocycles. The number of hydrogen-bond acceptors (Lipinski definition) is 3. The first-order valence-electron chi connectivity index (χ1n) is 6.76. The van der Waals surface area contributed by atoms with Gasteiger partial charge in [0.1, 0.15) is 6.61 Å². The summed E-state index contributed by atoms with van der Waals surface area (Å²) in [6.07, 6.45) is 0.821. The molecule has 1 unspecified atom stereocenters. The van der Waals surface area contributed by atoms with Gasteiger partial charge in [-0.25, -0.2) is 0 Å². The molecule has 0 aliphatic heterocycles. The Balaban J connectivity index is 4.94. The van der Waals surface area contributed by atoms with Crippen LogP contribution in [0.3, 0.4) is 0 Å². The Morgan fingerprint density at radius 1 is 1.06 bits per heavy atom. The van der Waals surface area contributed by atoms with Crippen LogP contribution < -0.4 is 5.32 Å². The standard InChI is InChI=1S/C15H31NO2/c1-13(2,3)11-15(7,14(4,5)6)12(17)18-10-9-16-8/h16H,9-11H2,1-8H3. The zero-order valence-corrected chi connectivity index (χ0v) is 13.4. The predicted molar refractivity (Wildman–Crippen MR) is 76.5 cm³/mol. The van der Waals surface area contributed by atoms with Gasteiger partial charge in [0.15, 0.2) is 0 Å². The van der Waals surface area contributed by atoms with Crippen LogP contribution in [0.15, 0.2) is 0 Å². The minimum Gasteiger partial charge on any atom is -0.464 e. The summed E-state index contributed by atoms with van der Waals surface area (Å²) in [4.78, 5) is 12.4. The highest BCUT2D eigenvalue weighted by molar-refractivity contribution is 5.77. The van der Waals surface area contributed by atoms with Crippen LogP contribution in [0.4, 0.5) is 0 Å². The predicted octanol–water partition coefficient (Wildman–Crippen LogP) is 3.24. The Morgan fingerprint density at radius 3 is 1.89 bits per heavy atom. The molecule has 0 aromatic carbocycles. The van der Waals surface area contributed by atoms with Crippen molar-refractivity contribution in [3.63, 3.8) is 0 Å². The molecule has 1 atom stereocenters. The molecule has 18 heavy (non-hydrogen) atoms. The Kier molecular flexibility index (Phi) is 5.86. The van der Waals surface area contributed by atoms with Crippen LogP contribution in [-0.4, -0.2) is 26.2 Å². The highest BCUT2D eigenvalue weighted by Gasteiger charge is 2.47. The van der Waals surface area contributed by atoms with E-state index in [4.69, 9.17) is 4.74 Å². The summed E-state index contributed by atoms with van der Waals surface area (Å²) in [7, 11) is 1.85. The number of carbonyl (C=O) groups excluding carboxylic acids is 1. The van der Waals surface area contributed by atoms with E-state index < -0.39 is 5.41 Å². The van der Waals surface area contributed by atoms with Gasteiger partial charge in [0.2, 0.25) is 0 Å². The average molecular weight is 257 g/mol. The maximum Gasteiger partial charge on any atom is 0.312 e. The second-order valence-electron chi connectivity index (χ2n) is 7.56. The summed E-state index contributed by atoms with van der Waals surface area (Å²) in [6.45, 7) is 16.0. The molecule has 0 aliphatic rings. The minimum atomic E-state index is -0.459. The first-order chi connectivity index (χ1) is 7.94. The van der Waals surface area contributed by atoms with Crippen LogP contribution in [0, 0.1) is 16.2 Å². The summed E-state index contributed by atoms with van der Waals surface area (Å²) in [5.74, 6) is -0.0832. The first-order valence-corrected chi connectivity index (χ1v) is 6.76. The lowest BCUT2D eigenvalue weighted by Gasteiger charge is -2.43. The van der Waals surface area contributed by atoms with E-state index in [1.54, 1.807) is 0 Å². The average Bonchev–Trinajstić information content (AvgIpc) is 2.13. The summed E-state index contributed by atoms with van der Waals surface area (Å²) in [5, 5.41) is 2.98. The quantitative estimate of drug-likeness (QED) is 0.607. The van der Waals surface area contributed by atoms with Crippen LogP contribution >= 0.6 is 0 Å². The molecule has 0 radical (unpaired) electrons. The van der Waals surface area contributed by atoms with Gasteiger partial charge in [-0.2, -0.15) is 0 Å². The largest absolute Gasteiger partial charge is 0.464 e. The number of nitrogens with one attached hydrogen (secondary N) is 1. The molecule has 0 saturated carbocycles. The fourth-order valence-corrected chi connectivity index (χ4v) is 2.11. The summed E-state index contributed by atoms with van der Waals surface area (Å²) in [6, 6.07) is 0. The van der Waals surface area contributed by atoms with Crippen molar-refractivity contribution in [3.8, 4) is 0 Å². The van der Waals surface area contributed by atoms with Gasteiger partial charge < -0.3 is 10.1 Å². The SMILES string of the molecule is CNCCOC(=O)C(C)(CC(C)(C)C)C(C)(C)C. The molecule has 0 amide bonds. The van der Waals surface area contributed by atoms with Crippen molar-refractivity contribution in [1.82, 2.24) is 5.32 Å². The van der Waals surface area contributed by atoms with Crippen LogP contribution in [0.1, 0.15) is 54.9 Å². The van der Waals surface area contributed by atoms with Crippen LogP contribution in [0.2, 0.25) is 0 Å². The molecule has 3 heteroatoms. The second kappa shape index (κ2) is 6.05. The number of ether oxygens (including phenoxy) is 1. The van der Waals surface area contributed by atoms with E-state index in [0.29, 0.717) is 13.2 Å². The smallest absolute Gasteiger partial charge is 0.312 e. The van der Waals surface area contributed by atoms with Gasteiger partial charge in [0.25, 0.3) is 0 Å². The normalized spacial score (nSPS) is 16.2. The van der Waals surface area contributed by atoms with Crippen molar-refractivity contribution < 1.29 is 9.53 Å². The maximum absolute atomic E-state index is 12.4. The molecule has 3 nitrogen and oxygen atoms in total. The number of hydrogen-bond donors (Lipinski definition) is 1. The molecular weight excluding hydrogens is 226 g/mol. The van der Waals surface area contributed by atoms with Crippen LogP contribution in [0.25, 0.3) is 0 Å². The van der Waals surface area contributed by atoms with Gasteiger partial charge >= 0.3 is 5.97 Å². The number of esters is 1. The molecule has 0 fully saturated rings. The van der Waals surface area contributed by atoms with E-state index in [1.165, 1.54) is 0 Å². The van der Waals surface area contributed by atoms with Crippen molar-refractivity contribution in [2.24, 2.45) is 16.2 Å². The third kappa shape index (κ3) is 4.97. The van der Waals surface area contributed by atoms with Gasteiger partial charge in [0.05, 0.1) is 5.41 Å². The van der Waals surface area contributed by atoms with E-state index in [-0.39, 0.29) is 16.8 Å². The highest BCUT2D eigenvalue weighted by atomic mass is 16.5. The Bertz CT molecular complexity index is 273. The van der Waals surface area contributed by atoms with E-state index in [1.807, 2.05) is 14.0 Å². The zero-order valence-electron chi connectivity index (χ0n) is 13.4. The van der Waals surface area contributed by atoms with Crippen molar-refractivity contribution in [2.75, 3.05) is 20.2 Å². The summed E-state index contributed by atoms with van der Waals surface area (Å²) in [5.41, 5.74) is -0.472. The molecule has 0 heterocycles. The lowest BCUT2D eigenvalue weighted by molar-refractivity contribution is -0.164. The van der Waals surface area contributed by atoms with E-state index in [2.05, 4.69) is 46.9 Å². The molecule has 0 bridgehead atoms. The van der Waals surface area contributed by atoms with Gasteiger partial charge in [0, 0.05) is 6.54 Å². The summed E-state index contributed by atoms with van der Waals surface area (Å²) >= 11 is 0. The maximum atomic E-state index is 12.4. The molecule has 0 aromatic heterocycles. The Morgan fingerprint density at radius 2 is 1.56 bits per heavy atom. The number of carbonyl (C=O) groups is 1. The highest BCUT2D eigenvalue weighted by Crippen LogP contribution is 2.47. The lowest BCUT2D eigenvalue weighted by Crippen LogP contribution is -2.44. The van der Waals surface area contributed by atoms with Crippen LogP contribution in [-0.2, 0) is 9.53 Å². The van der Waals surface area contributed by atoms with Crippen molar-refractivity contribution in [1.29, 1.82) is 0 Å². The fraction of sp³-hybridized carbons (Fsp3) is 0.933. The van der Waals surface area contributed by atoms with Crippen molar-refractivity contribution >= 4 is 5.97 Å². The molecule has 1 N–H and O–H groups in total. The third-order valence-electron chi connectivity index (χ3n) is 3.57. The zero-order chi connectivity index (χ0) is 14.6. The third-order valence-corrected chi connectivity index (χ3v) is 3.57. The molecular formula is C15H31NO2. The van der Waals surface area contributed by atoms with Gasteiger partial charge in [-0.3, -0.25) is 4.79 Å². The van der Waals surface area contributed by atoms with Gasteiger partial charge in [-0.05, 0) is 31.2 Å². The monoisotopic (exact) mass is 257 g/mol. The van der Waals surface area contributed by atoms with E-state index in [9.17, 15) is 4.79 Å². The topological polar surface area (TPSA) is 38.3 Å². The molecule has 0 aromatic rings.